The third-order valence-corrected chi connectivity index (χ3v) is 3.00. The first-order valence-electron chi connectivity index (χ1n) is 4.76. The van der Waals surface area contributed by atoms with Gasteiger partial charge in [0.1, 0.15) is 10.3 Å². The fourth-order valence-corrected chi connectivity index (χ4v) is 2.49. The van der Waals surface area contributed by atoms with E-state index in [1.165, 1.54) is 4.45 Å². The first kappa shape index (κ1) is 13.3. The minimum atomic E-state index is -0.853. The van der Waals surface area contributed by atoms with Gasteiger partial charge in [-0.15, -0.1) is 0 Å². The third-order valence-electron chi connectivity index (χ3n) is 1.99. The van der Waals surface area contributed by atoms with E-state index in [2.05, 4.69) is 35.2 Å². The summed E-state index contributed by atoms with van der Waals surface area (Å²) in [7, 11) is 2.27. The lowest BCUT2D eigenvalue weighted by molar-refractivity contribution is -0.137. The third kappa shape index (κ3) is 2.50. The van der Waals surface area contributed by atoms with Crippen LogP contribution in [0, 0.1) is 0 Å². The highest BCUT2D eigenvalue weighted by Gasteiger charge is 2.26. The molecule has 0 aliphatic carbocycles. The molecule has 0 spiro atoms. The van der Waals surface area contributed by atoms with E-state index in [9.17, 15) is 9.59 Å². The Morgan fingerprint density at radius 3 is 2.62 bits per heavy atom. The number of hydrogen-bond donors (Lipinski definition) is 0. The first-order valence-corrected chi connectivity index (χ1v) is 6.07. The summed E-state index contributed by atoms with van der Waals surface area (Å²) in [6.07, 6.45) is 0.607. The van der Waals surface area contributed by atoms with E-state index < -0.39 is 11.8 Å². The molecule has 1 aromatic rings. The lowest BCUT2D eigenvalue weighted by Crippen LogP contribution is -2.20. The van der Waals surface area contributed by atoms with Gasteiger partial charge in [-0.2, -0.15) is 5.10 Å². The number of nitrogens with zero attached hydrogens (tertiary/aromatic N) is 2. The summed E-state index contributed by atoms with van der Waals surface area (Å²) in [5.41, 5.74) is 0.950. The van der Waals surface area contributed by atoms with Crippen molar-refractivity contribution in [3.8, 4) is 0 Å². The number of hydrogen-bond acceptors (Lipinski definition) is 4. The van der Waals surface area contributed by atoms with Crippen molar-refractivity contribution in [1.82, 2.24) is 9.55 Å². The second kappa shape index (κ2) is 5.55. The van der Waals surface area contributed by atoms with Crippen LogP contribution in [0.5, 0.6) is 0 Å². The molecular weight excluding hydrogens is 295 g/mol. The Balaban J connectivity index is 3.12. The quantitative estimate of drug-likeness (QED) is 0.367. The van der Waals surface area contributed by atoms with E-state index in [0.29, 0.717) is 16.6 Å². The molecule has 88 valence electrons. The van der Waals surface area contributed by atoms with Crippen LogP contribution >= 0.6 is 25.3 Å². The highest BCUT2D eigenvalue weighted by atomic mass is 79.9. The van der Waals surface area contributed by atoms with E-state index in [4.69, 9.17) is 0 Å². The molecule has 1 heterocycles. The molecule has 0 N–H and O–H groups in total. The van der Waals surface area contributed by atoms with Crippen molar-refractivity contribution in [2.24, 2.45) is 0 Å². The minimum absolute atomic E-state index is 0.179. The minimum Gasteiger partial charge on any atom is -0.460 e. The molecule has 7 heteroatoms. The predicted octanol–water partition coefficient (Wildman–Crippen LogP) is 1.59. The molecule has 0 fully saturated rings. The average molecular weight is 307 g/mol. The molecular formula is C9H12BrN2O3P. The normalized spacial score (nSPS) is 10.2. The van der Waals surface area contributed by atoms with Gasteiger partial charge in [-0.3, -0.25) is 4.79 Å². The Bertz CT molecular complexity index is 431. The summed E-state index contributed by atoms with van der Waals surface area (Å²) in [6.45, 7) is 3.71. The largest absolute Gasteiger partial charge is 0.460 e. The number of halogens is 1. The van der Waals surface area contributed by atoms with Crippen molar-refractivity contribution >= 4 is 37.1 Å². The smallest absolute Gasteiger partial charge is 0.381 e. The number of aromatic nitrogens is 2. The predicted molar refractivity (Wildman–Crippen MR) is 65.4 cm³/mol. The Hall–Kier alpha value is -0.740. The second-order valence-corrected chi connectivity index (χ2v) is 4.21. The van der Waals surface area contributed by atoms with Crippen LogP contribution in [0.1, 0.15) is 29.9 Å². The zero-order valence-corrected chi connectivity index (χ0v) is 11.7. The van der Waals surface area contributed by atoms with Gasteiger partial charge in [0.15, 0.2) is 0 Å². The fourth-order valence-electron chi connectivity index (χ4n) is 1.29. The Morgan fingerprint density at radius 2 is 2.12 bits per heavy atom. The maximum Gasteiger partial charge on any atom is 0.381 e. The summed E-state index contributed by atoms with van der Waals surface area (Å²) in [5, 5.41) is 4.01. The van der Waals surface area contributed by atoms with Crippen LogP contribution in [0.2, 0.25) is 0 Å². The molecule has 0 aromatic carbocycles. The van der Waals surface area contributed by atoms with Crippen molar-refractivity contribution < 1.29 is 14.3 Å². The van der Waals surface area contributed by atoms with Crippen LogP contribution in [-0.4, -0.2) is 27.9 Å². The molecule has 0 aliphatic rings. The zero-order valence-electron chi connectivity index (χ0n) is 8.99. The summed E-state index contributed by atoms with van der Waals surface area (Å²) in [6, 6.07) is 0. The number of rotatable bonds is 4. The SMILES string of the molecule is CCOC(=O)C(=O)c1c(CC)c(Br)nn1P. The number of carbonyl (C=O) groups excluding carboxylic acids is 2. The Morgan fingerprint density at radius 1 is 1.50 bits per heavy atom. The van der Waals surface area contributed by atoms with Crippen LogP contribution in [0.15, 0.2) is 4.60 Å². The lowest BCUT2D eigenvalue weighted by Gasteiger charge is -2.03. The molecule has 0 saturated heterocycles. The van der Waals surface area contributed by atoms with Crippen LogP contribution < -0.4 is 0 Å². The van der Waals surface area contributed by atoms with E-state index in [1.807, 2.05) is 6.92 Å². The number of Topliss-reactive ketones (excluding diaryl/α,β-unsaturated/α-hetero) is 1. The van der Waals surface area contributed by atoms with Crippen molar-refractivity contribution in [2.45, 2.75) is 20.3 Å². The number of ketones is 1. The summed E-state index contributed by atoms with van der Waals surface area (Å²) < 4.78 is 6.54. The molecule has 1 unspecified atom stereocenters. The molecule has 1 atom stereocenters. The van der Waals surface area contributed by atoms with Crippen LogP contribution in [0.3, 0.4) is 0 Å². The van der Waals surface area contributed by atoms with Gasteiger partial charge in [-0.05, 0) is 38.7 Å². The Labute approximate surface area is 104 Å². The van der Waals surface area contributed by atoms with E-state index in [0.717, 1.165) is 0 Å². The molecule has 0 amide bonds. The highest BCUT2D eigenvalue weighted by Crippen LogP contribution is 2.22. The monoisotopic (exact) mass is 306 g/mol. The van der Waals surface area contributed by atoms with Crippen molar-refractivity contribution in [1.29, 1.82) is 0 Å². The van der Waals surface area contributed by atoms with Crippen LogP contribution in [0.4, 0.5) is 0 Å². The highest BCUT2D eigenvalue weighted by molar-refractivity contribution is 9.10. The van der Waals surface area contributed by atoms with Crippen LogP contribution in [0.25, 0.3) is 0 Å². The number of ether oxygens (including phenoxy) is 1. The van der Waals surface area contributed by atoms with E-state index in [-0.39, 0.29) is 12.3 Å². The van der Waals surface area contributed by atoms with Gasteiger partial charge in [0, 0.05) is 5.56 Å². The summed E-state index contributed by atoms with van der Waals surface area (Å²) in [5.74, 6) is -1.53. The first-order chi connectivity index (χ1) is 7.52. The van der Waals surface area contributed by atoms with Crippen molar-refractivity contribution in [3.63, 3.8) is 0 Å². The maximum absolute atomic E-state index is 11.8. The van der Waals surface area contributed by atoms with Gasteiger partial charge in [-0.25, -0.2) is 9.25 Å². The standard InChI is InChI=1S/C9H12BrN2O3P/c1-3-5-6(12(16)11-8(5)10)7(13)9(14)15-4-2/h3-4,16H2,1-2H3. The van der Waals surface area contributed by atoms with Crippen molar-refractivity contribution in [3.05, 3.63) is 15.9 Å². The number of carbonyl (C=O) groups is 2. The summed E-state index contributed by atoms with van der Waals surface area (Å²) in [4.78, 5) is 23.1. The molecule has 0 saturated carbocycles. The van der Waals surface area contributed by atoms with Gasteiger partial charge in [-0.1, -0.05) is 6.92 Å². The van der Waals surface area contributed by atoms with Crippen LogP contribution in [-0.2, 0) is 16.0 Å². The van der Waals surface area contributed by atoms with E-state index in [1.54, 1.807) is 6.92 Å². The number of esters is 1. The molecule has 0 aliphatic heterocycles. The summed E-state index contributed by atoms with van der Waals surface area (Å²) >= 11 is 3.23. The molecule has 1 rings (SSSR count). The average Bonchev–Trinajstić information content (AvgIpc) is 2.52. The van der Waals surface area contributed by atoms with Gasteiger partial charge in [0.2, 0.25) is 0 Å². The topological polar surface area (TPSA) is 61.2 Å². The Kier molecular flexibility index (Phi) is 4.62. The second-order valence-electron chi connectivity index (χ2n) is 2.97. The van der Waals surface area contributed by atoms with E-state index >= 15 is 0 Å². The molecule has 0 bridgehead atoms. The molecule has 1 aromatic heterocycles. The molecule has 16 heavy (non-hydrogen) atoms. The lowest BCUT2D eigenvalue weighted by atomic mass is 10.1. The van der Waals surface area contributed by atoms with Gasteiger partial charge in [0.05, 0.1) is 6.61 Å². The van der Waals surface area contributed by atoms with Gasteiger partial charge in [0.25, 0.3) is 5.78 Å². The van der Waals surface area contributed by atoms with Crippen molar-refractivity contribution in [2.75, 3.05) is 6.61 Å². The maximum atomic E-state index is 11.8. The van der Waals surface area contributed by atoms with Gasteiger partial charge >= 0.3 is 5.97 Å². The molecule has 5 nitrogen and oxygen atoms in total. The van der Waals surface area contributed by atoms with Gasteiger partial charge < -0.3 is 4.74 Å². The zero-order chi connectivity index (χ0) is 12.3. The fraction of sp³-hybridized carbons (Fsp3) is 0.444. The molecule has 0 radical (unpaired) electrons.